The van der Waals surface area contributed by atoms with Crippen LogP contribution in [0.2, 0.25) is 0 Å². The normalized spacial score (nSPS) is 25.5. The first-order valence-corrected chi connectivity index (χ1v) is 7.00. The van der Waals surface area contributed by atoms with Crippen LogP contribution in [0.3, 0.4) is 0 Å². The van der Waals surface area contributed by atoms with Crippen LogP contribution in [0.15, 0.2) is 24.3 Å². The highest BCUT2D eigenvalue weighted by Gasteiger charge is 2.52. The Morgan fingerprint density at radius 1 is 1.42 bits per heavy atom. The molecule has 1 heterocycles. The number of amides is 1. The van der Waals surface area contributed by atoms with Crippen LogP contribution in [0.25, 0.3) is 0 Å². The van der Waals surface area contributed by atoms with Gasteiger partial charge in [-0.25, -0.2) is 4.39 Å². The highest BCUT2D eigenvalue weighted by atomic mass is 19.1. The van der Waals surface area contributed by atoms with Crippen molar-refractivity contribution in [3.05, 3.63) is 35.6 Å². The third kappa shape index (κ3) is 1.94. The van der Waals surface area contributed by atoms with E-state index in [4.69, 9.17) is 0 Å². The third-order valence-electron chi connectivity index (χ3n) is 4.36. The topological polar surface area (TPSA) is 32.3 Å². The van der Waals surface area contributed by atoms with Crippen LogP contribution in [0.4, 0.5) is 4.39 Å². The predicted molar refractivity (Wildman–Crippen MR) is 70.9 cm³/mol. The lowest BCUT2D eigenvalue weighted by Gasteiger charge is -2.22. The van der Waals surface area contributed by atoms with Gasteiger partial charge in [-0.15, -0.1) is 0 Å². The molecule has 1 aliphatic heterocycles. The summed E-state index contributed by atoms with van der Waals surface area (Å²) >= 11 is 0. The van der Waals surface area contributed by atoms with Crippen LogP contribution < -0.4 is 5.32 Å². The molecule has 1 aromatic carbocycles. The van der Waals surface area contributed by atoms with Gasteiger partial charge in [0, 0.05) is 6.54 Å². The molecule has 1 saturated heterocycles. The Hall–Kier alpha value is -1.42. The molecule has 2 fully saturated rings. The first-order chi connectivity index (χ1) is 9.16. The highest BCUT2D eigenvalue weighted by molar-refractivity contribution is 5.89. The maximum absolute atomic E-state index is 13.4. The van der Waals surface area contributed by atoms with Crippen molar-refractivity contribution in [1.29, 1.82) is 0 Å². The molecule has 1 aliphatic carbocycles. The highest BCUT2D eigenvalue weighted by Crippen LogP contribution is 2.40. The lowest BCUT2D eigenvalue weighted by molar-refractivity contribution is -0.133. The Morgan fingerprint density at radius 3 is 2.79 bits per heavy atom. The van der Waals surface area contributed by atoms with E-state index in [9.17, 15) is 9.18 Å². The van der Waals surface area contributed by atoms with Gasteiger partial charge in [-0.2, -0.15) is 0 Å². The summed E-state index contributed by atoms with van der Waals surface area (Å²) < 4.78 is 13.4. The molecule has 19 heavy (non-hydrogen) atoms. The molecule has 1 atom stereocenters. The largest absolute Gasteiger partial charge is 0.322 e. The molecule has 2 aliphatic rings. The molecule has 1 aromatic rings. The second-order valence-electron chi connectivity index (χ2n) is 5.48. The van der Waals surface area contributed by atoms with Gasteiger partial charge in [0.25, 0.3) is 0 Å². The van der Waals surface area contributed by atoms with Crippen LogP contribution >= 0.6 is 0 Å². The number of nitrogens with zero attached hydrogens (tertiary/aromatic N) is 1. The van der Waals surface area contributed by atoms with E-state index >= 15 is 0 Å². The first kappa shape index (κ1) is 12.6. The van der Waals surface area contributed by atoms with Gasteiger partial charge in [0.2, 0.25) is 5.91 Å². The SMILES string of the molecule is CCN1C(=O)C2(CCCC2)NC1c1cccc(F)c1. The van der Waals surface area contributed by atoms with E-state index in [1.54, 1.807) is 6.07 Å². The summed E-state index contributed by atoms with van der Waals surface area (Å²) in [6.45, 7) is 2.62. The Labute approximate surface area is 112 Å². The maximum Gasteiger partial charge on any atom is 0.244 e. The van der Waals surface area contributed by atoms with Gasteiger partial charge in [0.1, 0.15) is 12.0 Å². The Bertz CT molecular complexity index is 497. The average Bonchev–Trinajstić information content (AvgIpc) is 2.98. The zero-order valence-electron chi connectivity index (χ0n) is 11.2. The number of hydrogen-bond donors (Lipinski definition) is 1. The van der Waals surface area contributed by atoms with Crippen molar-refractivity contribution in [1.82, 2.24) is 10.2 Å². The Kier molecular flexibility index (Phi) is 3.05. The van der Waals surface area contributed by atoms with Gasteiger partial charge in [-0.3, -0.25) is 10.1 Å². The summed E-state index contributed by atoms with van der Waals surface area (Å²) in [5, 5.41) is 3.47. The molecule has 0 bridgehead atoms. The number of benzene rings is 1. The predicted octanol–water partition coefficient (Wildman–Crippen LogP) is 2.59. The monoisotopic (exact) mass is 262 g/mol. The van der Waals surface area contributed by atoms with Crippen molar-refractivity contribution in [2.45, 2.75) is 44.3 Å². The summed E-state index contributed by atoms with van der Waals surface area (Å²) in [4.78, 5) is 14.4. The minimum atomic E-state index is -0.396. The van der Waals surface area contributed by atoms with Crippen molar-refractivity contribution in [2.24, 2.45) is 0 Å². The van der Waals surface area contributed by atoms with E-state index in [0.717, 1.165) is 31.2 Å². The first-order valence-electron chi connectivity index (χ1n) is 7.00. The summed E-state index contributed by atoms with van der Waals surface area (Å²) in [6, 6.07) is 6.53. The minimum Gasteiger partial charge on any atom is -0.322 e. The molecule has 3 rings (SSSR count). The lowest BCUT2D eigenvalue weighted by atomic mass is 9.98. The van der Waals surface area contributed by atoms with Crippen molar-refractivity contribution in [3.63, 3.8) is 0 Å². The van der Waals surface area contributed by atoms with Crippen LogP contribution in [0.5, 0.6) is 0 Å². The lowest BCUT2D eigenvalue weighted by Crippen LogP contribution is -2.44. The zero-order valence-corrected chi connectivity index (χ0v) is 11.2. The second-order valence-corrected chi connectivity index (χ2v) is 5.48. The van der Waals surface area contributed by atoms with Crippen molar-refractivity contribution < 1.29 is 9.18 Å². The molecular formula is C15H19FN2O. The van der Waals surface area contributed by atoms with E-state index in [2.05, 4.69) is 5.32 Å². The van der Waals surface area contributed by atoms with Gasteiger partial charge in [0.15, 0.2) is 0 Å². The Morgan fingerprint density at radius 2 is 2.16 bits per heavy atom. The molecule has 1 spiro atoms. The Balaban J connectivity index is 1.95. The maximum atomic E-state index is 13.4. The number of hydrogen-bond acceptors (Lipinski definition) is 2. The quantitative estimate of drug-likeness (QED) is 0.888. The van der Waals surface area contributed by atoms with Gasteiger partial charge in [-0.1, -0.05) is 25.0 Å². The molecule has 4 heteroatoms. The molecule has 1 unspecified atom stereocenters. The van der Waals surface area contributed by atoms with Crippen molar-refractivity contribution in [2.75, 3.05) is 6.54 Å². The molecular weight excluding hydrogens is 243 g/mol. The molecule has 1 saturated carbocycles. The van der Waals surface area contributed by atoms with Gasteiger partial charge in [0.05, 0.1) is 5.54 Å². The number of rotatable bonds is 2. The van der Waals surface area contributed by atoms with E-state index in [1.165, 1.54) is 12.1 Å². The molecule has 0 aromatic heterocycles. The fourth-order valence-corrected chi connectivity index (χ4v) is 3.40. The van der Waals surface area contributed by atoms with Crippen LogP contribution in [-0.2, 0) is 4.79 Å². The fraction of sp³-hybridized carbons (Fsp3) is 0.533. The molecule has 102 valence electrons. The molecule has 3 nitrogen and oxygen atoms in total. The number of nitrogens with one attached hydrogen (secondary N) is 1. The summed E-state index contributed by atoms with van der Waals surface area (Å²) in [7, 11) is 0. The van der Waals surface area contributed by atoms with Crippen LogP contribution in [0.1, 0.15) is 44.3 Å². The molecule has 1 N–H and O–H groups in total. The van der Waals surface area contributed by atoms with Crippen molar-refractivity contribution in [3.8, 4) is 0 Å². The van der Waals surface area contributed by atoms with Crippen LogP contribution in [0, 0.1) is 5.82 Å². The second kappa shape index (κ2) is 4.60. The van der Waals surface area contributed by atoms with Crippen LogP contribution in [-0.4, -0.2) is 22.9 Å². The van der Waals surface area contributed by atoms with Gasteiger partial charge >= 0.3 is 0 Å². The zero-order chi connectivity index (χ0) is 13.5. The van der Waals surface area contributed by atoms with E-state index in [1.807, 2.05) is 17.9 Å². The number of likely N-dealkylation sites (N-methyl/N-ethyl adjacent to an activating group) is 1. The average molecular weight is 262 g/mol. The van der Waals surface area contributed by atoms with Crippen molar-refractivity contribution >= 4 is 5.91 Å². The third-order valence-corrected chi connectivity index (χ3v) is 4.36. The summed E-state index contributed by atoms with van der Waals surface area (Å²) in [5.74, 6) is -0.0723. The molecule has 0 radical (unpaired) electrons. The van der Waals surface area contributed by atoms with E-state index < -0.39 is 5.54 Å². The smallest absolute Gasteiger partial charge is 0.244 e. The van der Waals surface area contributed by atoms with Gasteiger partial charge in [-0.05, 0) is 37.5 Å². The summed E-state index contributed by atoms with van der Waals surface area (Å²) in [6.07, 6.45) is 3.78. The number of halogens is 1. The summed E-state index contributed by atoms with van der Waals surface area (Å²) in [5.41, 5.74) is 0.437. The number of carbonyl (C=O) groups excluding carboxylic acids is 1. The molecule has 1 amide bonds. The van der Waals surface area contributed by atoms with Gasteiger partial charge < -0.3 is 4.90 Å². The fourth-order valence-electron chi connectivity index (χ4n) is 3.40. The standard InChI is InChI=1S/C15H19FN2O/c1-2-18-13(11-6-5-7-12(16)10-11)17-15(14(18)19)8-3-4-9-15/h5-7,10,13,17H,2-4,8-9H2,1H3. The minimum absolute atomic E-state index is 0.182. The van der Waals surface area contributed by atoms with E-state index in [-0.39, 0.29) is 17.9 Å². The number of carbonyl (C=O) groups is 1. The van der Waals surface area contributed by atoms with E-state index in [0.29, 0.717) is 6.54 Å².